The molecule has 0 saturated carbocycles. The average molecular weight is 261 g/mol. The van der Waals surface area contributed by atoms with E-state index in [1.165, 1.54) is 25.7 Å². The van der Waals surface area contributed by atoms with Gasteiger partial charge in [0.2, 0.25) is 0 Å². The van der Waals surface area contributed by atoms with E-state index in [0.717, 1.165) is 16.2 Å². The molecule has 0 spiro atoms. The fourth-order valence-corrected chi connectivity index (χ4v) is 3.31. The van der Waals surface area contributed by atoms with Crippen molar-refractivity contribution >= 4 is 22.9 Å². The number of nitrogens with zero attached hydrogens (tertiary/aromatic N) is 3. The lowest BCUT2D eigenvalue weighted by Gasteiger charge is -2.13. The summed E-state index contributed by atoms with van der Waals surface area (Å²) in [7, 11) is 0. The van der Waals surface area contributed by atoms with Crippen LogP contribution in [0.5, 0.6) is 0 Å². The minimum Gasteiger partial charge on any atom is -0.251 e. The molecule has 0 aromatic carbocycles. The van der Waals surface area contributed by atoms with Gasteiger partial charge in [-0.05, 0) is 25.0 Å². The highest BCUT2D eigenvalue weighted by Gasteiger charge is 2.10. The molecule has 2 heterocycles. The van der Waals surface area contributed by atoms with E-state index in [0.29, 0.717) is 5.25 Å². The van der Waals surface area contributed by atoms with Crippen molar-refractivity contribution < 1.29 is 0 Å². The van der Waals surface area contributed by atoms with Crippen molar-refractivity contribution in [1.29, 1.82) is 0 Å². The Morgan fingerprint density at radius 1 is 1.06 bits per heavy atom. The molecule has 0 aliphatic carbocycles. The van der Waals surface area contributed by atoms with Gasteiger partial charge in [-0.3, -0.25) is 4.98 Å². The van der Waals surface area contributed by atoms with Crippen molar-refractivity contribution in [1.82, 2.24) is 15.0 Å². The molecule has 0 aliphatic rings. The van der Waals surface area contributed by atoms with Crippen molar-refractivity contribution in [3.05, 3.63) is 24.5 Å². The lowest BCUT2D eigenvalue weighted by Crippen LogP contribution is -2.02. The molecule has 3 nitrogen and oxygen atoms in total. The fraction of sp³-hybridized carbons (Fsp3) is 0.500. The zero-order chi connectivity index (χ0) is 12.8. The summed E-state index contributed by atoms with van der Waals surface area (Å²) in [5, 5.41) is 1.73. The summed E-state index contributed by atoms with van der Waals surface area (Å²) in [6.45, 7) is 4.48. The van der Waals surface area contributed by atoms with Crippen LogP contribution in [0.25, 0.3) is 11.2 Å². The summed E-state index contributed by atoms with van der Waals surface area (Å²) in [6.07, 6.45) is 8.35. The first-order valence-electron chi connectivity index (χ1n) is 6.58. The second kappa shape index (κ2) is 6.69. The standard InChI is InChI=1S/C14H19N3S/c1-3-5-11(6-4-2)18-13-8-7-12-14(17-13)16-10-9-15-12/h7-11H,3-6H2,1-2H3. The van der Waals surface area contributed by atoms with E-state index >= 15 is 0 Å². The van der Waals surface area contributed by atoms with Crippen LogP contribution in [0.4, 0.5) is 0 Å². The fourth-order valence-electron chi connectivity index (χ4n) is 1.98. The lowest BCUT2D eigenvalue weighted by molar-refractivity contribution is 0.672. The van der Waals surface area contributed by atoms with Crippen molar-refractivity contribution in [2.45, 2.75) is 49.8 Å². The molecule has 0 aliphatic heterocycles. The van der Waals surface area contributed by atoms with Gasteiger partial charge < -0.3 is 0 Å². The van der Waals surface area contributed by atoms with E-state index in [9.17, 15) is 0 Å². The molecular formula is C14H19N3S. The number of aromatic nitrogens is 3. The van der Waals surface area contributed by atoms with Crippen LogP contribution >= 0.6 is 11.8 Å². The minimum absolute atomic E-state index is 0.668. The maximum atomic E-state index is 4.57. The van der Waals surface area contributed by atoms with E-state index in [1.54, 1.807) is 12.4 Å². The number of hydrogen-bond acceptors (Lipinski definition) is 4. The molecule has 0 fully saturated rings. The summed E-state index contributed by atoms with van der Waals surface area (Å²) in [5.41, 5.74) is 1.61. The van der Waals surface area contributed by atoms with E-state index in [-0.39, 0.29) is 0 Å². The van der Waals surface area contributed by atoms with Crippen LogP contribution in [0.2, 0.25) is 0 Å². The predicted octanol–water partition coefficient (Wildman–Crippen LogP) is 4.09. The van der Waals surface area contributed by atoms with Crippen molar-refractivity contribution in [3.8, 4) is 0 Å². The maximum Gasteiger partial charge on any atom is 0.179 e. The maximum absolute atomic E-state index is 4.57. The monoisotopic (exact) mass is 261 g/mol. The first kappa shape index (κ1) is 13.3. The molecule has 0 saturated heterocycles. The van der Waals surface area contributed by atoms with E-state index in [4.69, 9.17) is 0 Å². The number of hydrogen-bond donors (Lipinski definition) is 0. The van der Waals surface area contributed by atoms with Crippen LogP contribution in [-0.2, 0) is 0 Å². The van der Waals surface area contributed by atoms with Crippen LogP contribution in [0, 0.1) is 0 Å². The number of pyridine rings is 1. The zero-order valence-corrected chi connectivity index (χ0v) is 11.8. The Kier molecular flexibility index (Phi) is 4.93. The van der Waals surface area contributed by atoms with Gasteiger partial charge in [0.05, 0.1) is 5.03 Å². The number of fused-ring (bicyclic) bond motifs is 1. The van der Waals surface area contributed by atoms with E-state index in [2.05, 4.69) is 34.9 Å². The highest BCUT2D eigenvalue weighted by Crippen LogP contribution is 2.28. The lowest BCUT2D eigenvalue weighted by atomic mass is 10.2. The quantitative estimate of drug-likeness (QED) is 0.734. The van der Waals surface area contributed by atoms with Gasteiger partial charge in [-0.2, -0.15) is 0 Å². The van der Waals surface area contributed by atoms with Crippen LogP contribution in [0.1, 0.15) is 39.5 Å². The molecule has 0 amide bonds. The minimum atomic E-state index is 0.668. The number of thioether (sulfide) groups is 1. The Bertz CT molecular complexity index is 495. The third kappa shape index (κ3) is 3.42. The summed E-state index contributed by atoms with van der Waals surface area (Å²) in [6, 6.07) is 4.06. The zero-order valence-electron chi connectivity index (χ0n) is 11.0. The highest BCUT2D eigenvalue weighted by molar-refractivity contribution is 7.99. The Morgan fingerprint density at radius 3 is 2.50 bits per heavy atom. The average Bonchev–Trinajstić information content (AvgIpc) is 2.39. The van der Waals surface area contributed by atoms with Crippen LogP contribution in [0.3, 0.4) is 0 Å². The SMILES string of the molecule is CCCC(CCC)Sc1ccc2nccnc2n1. The summed E-state index contributed by atoms with van der Waals surface area (Å²) in [5.74, 6) is 0. The van der Waals surface area contributed by atoms with Gasteiger partial charge in [-0.1, -0.05) is 26.7 Å². The molecule has 0 radical (unpaired) electrons. The van der Waals surface area contributed by atoms with Crippen LogP contribution in [-0.4, -0.2) is 20.2 Å². The Balaban J connectivity index is 2.14. The predicted molar refractivity (Wildman–Crippen MR) is 76.8 cm³/mol. The third-order valence-electron chi connectivity index (χ3n) is 2.81. The van der Waals surface area contributed by atoms with Gasteiger partial charge in [-0.25, -0.2) is 9.97 Å². The van der Waals surface area contributed by atoms with Gasteiger partial charge in [-0.15, -0.1) is 11.8 Å². The van der Waals surface area contributed by atoms with Gasteiger partial charge in [0.15, 0.2) is 5.65 Å². The third-order valence-corrected chi connectivity index (χ3v) is 4.09. The van der Waals surface area contributed by atoms with Crippen molar-refractivity contribution in [2.75, 3.05) is 0 Å². The summed E-state index contributed by atoms with van der Waals surface area (Å²) in [4.78, 5) is 13.1. The summed E-state index contributed by atoms with van der Waals surface area (Å²) < 4.78 is 0. The summed E-state index contributed by atoms with van der Waals surface area (Å²) >= 11 is 1.87. The molecule has 2 aromatic heterocycles. The van der Waals surface area contributed by atoms with E-state index < -0.39 is 0 Å². The second-order valence-corrected chi connectivity index (χ2v) is 5.69. The van der Waals surface area contributed by atoms with Gasteiger partial charge in [0.1, 0.15) is 5.52 Å². The molecule has 96 valence electrons. The largest absolute Gasteiger partial charge is 0.251 e. The normalized spacial score (nSPS) is 11.3. The van der Waals surface area contributed by atoms with Gasteiger partial charge >= 0.3 is 0 Å². The van der Waals surface area contributed by atoms with E-state index in [1.807, 2.05) is 17.8 Å². The second-order valence-electron chi connectivity index (χ2n) is 4.37. The van der Waals surface area contributed by atoms with Gasteiger partial charge in [0.25, 0.3) is 0 Å². The topological polar surface area (TPSA) is 38.7 Å². The van der Waals surface area contributed by atoms with Crippen LogP contribution in [0.15, 0.2) is 29.6 Å². The smallest absolute Gasteiger partial charge is 0.179 e. The Hall–Kier alpha value is -1.16. The molecule has 0 bridgehead atoms. The first-order chi connectivity index (χ1) is 8.83. The van der Waals surface area contributed by atoms with Gasteiger partial charge in [0, 0.05) is 17.6 Å². The molecule has 0 atom stereocenters. The molecule has 0 unspecified atom stereocenters. The highest BCUT2D eigenvalue weighted by atomic mass is 32.2. The molecule has 4 heteroatoms. The van der Waals surface area contributed by atoms with Crippen molar-refractivity contribution in [3.63, 3.8) is 0 Å². The molecular weight excluding hydrogens is 242 g/mol. The molecule has 0 N–H and O–H groups in total. The first-order valence-corrected chi connectivity index (χ1v) is 7.46. The molecule has 18 heavy (non-hydrogen) atoms. The molecule has 2 rings (SSSR count). The number of rotatable bonds is 6. The van der Waals surface area contributed by atoms with Crippen molar-refractivity contribution in [2.24, 2.45) is 0 Å². The molecule has 2 aromatic rings. The Morgan fingerprint density at radius 2 is 1.78 bits per heavy atom. The Labute approximate surface area is 112 Å². The van der Waals surface area contributed by atoms with Crippen LogP contribution < -0.4 is 0 Å².